The molecule has 0 radical (unpaired) electrons. The van der Waals surface area contributed by atoms with Gasteiger partial charge in [0.1, 0.15) is 11.5 Å². The van der Waals surface area contributed by atoms with E-state index in [4.69, 9.17) is 21.1 Å². The molecule has 3 heteroatoms. The summed E-state index contributed by atoms with van der Waals surface area (Å²) in [6.45, 7) is 5.58. The van der Waals surface area contributed by atoms with E-state index in [9.17, 15) is 0 Å². The maximum absolute atomic E-state index is 5.69. The molecule has 0 heterocycles. The summed E-state index contributed by atoms with van der Waals surface area (Å²) in [5.41, 5.74) is 0. The molecule has 0 aromatic heterocycles. The van der Waals surface area contributed by atoms with E-state index in [-0.39, 0.29) is 0 Å². The van der Waals surface area contributed by atoms with E-state index < -0.39 is 0 Å². The Labute approximate surface area is 109 Å². The van der Waals surface area contributed by atoms with E-state index in [1.54, 1.807) is 0 Å². The van der Waals surface area contributed by atoms with Crippen LogP contribution in [0, 0.1) is 5.92 Å². The Morgan fingerprint density at radius 1 is 1.18 bits per heavy atom. The molecule has 1 atom stereocenters. The topological polar surface area (TPSA) is 18.5 Å². The Morgan fingerprint density at radius 3 is 2.53 bits per heavy atom. The molecule has 0 aliphatic heterocycles. The molecular weight excluding hydrogens is 236 g/mol. The van der Waals surface area contributed by atoms with Crippen LogP contribution in [0.4, 0.5) is 0 Å². The molecule has 1 rings (SSSR count). The highest BCUT2D eigenvalue weighted by atomic mass is 35.5. The molecule has 2 nitrogen and oxygen atoms in total. The summed E-state index contributed by atoms with van der Waals surface area (Å²) in [5.74, 6) is 3.07. The van der Waals surface area contributed by atoms with E-state index >= 15 is 0 Å². The fraction of sp³-hybridized carbons (Fsp3) is 0.571. The van der Waals surface area contributed by atoms with Crippen molar-refractivity contribution in [3.05, 3.63) is 24.3 Å². The fourth-order valence-electron chi connectivity index (χ4n) is 1.53. The van der Waals surface area contributed by atoms with Gasteiger partial charge in [-0.2, -0.15) is 0 Å². The number of hydrogen-bond acceptors (Lipinski definition) is 2. The quantitative estimate of drug-likeness (QED) is 0.652. The molecule has 1 aromatic rings. The molecule has 0 aliphatic rings. The largest absolute Gasteiger partial charge is 0.494 e. The second-order valence-corrected chi connectivity index (χ2v) is 4.51. The first-order valence-electron chi connectivity index (χ1n) is 6.18. The van der Waals surface area contributed by atoms with Gasteiger partial charge in [0.25, 0.3) is 0 Å². The molecule has 0 saturated heterocycles. The summed E-state index contributed by atoms with van der Waals surface area (Å²) in [6.07, 6.45) is 2.08. The summed E-state index contributed by atoms with van der Waals surface area (Å²) in [6, 6.07) is 7.76. The molecule has 0 amide bonds. The van der Waals surface area contributed by atoms with Gasteiger partial charge in [-0.25, -0.2) is 0 Å². The average Bonchev–Trinajstić information content (AvgIpc) is 2.30. The van der Waals surface area contributed by atoms with Crippen molar-refractivity contribution in [1.29, 1.82) is 0 Å². The third kappa shape index (κ3) is 5.83. The van der Waals surface area contributed by atoms with Crippen LogP contribution in [-0.4, -0.2) is 19.1 Å². The lowest BCUT2D eigenvalue weighted by atomic mass is 10.1. The van der Waals surface area contributed by atoms with Crippen molar-refractivity contribution in [3.63, 3.8) is 0 Å². The van der Waals surface area contributed by atoms with Crippen molar-refractivity contribution < 1.29 is 9.47 Å². The monoisotopic (exact) mass is 256 g/mol. The standard InChI is InChI=1S/C14H21ClO2/c1-3-16-13-5-4-6-14(11-13)17-10-8-12(2)7-9-15/h4-6,11-12H,3,7-10H2,1-2H3. The molecule has 0 fully saturated rings. The van der Waals surface area contributed by atoms with E-state index in [1.807, 2.05) is 31.2 Å². The van der Waals surface area contributed by atoms with Gasteiger partial charge in [-0.15, -0.1) is 11.6 Å². The van der Waals surface area contributed by atoms with Crippen molar-refractivity contribution in [2.45, 2.75) is 26.7 Å². The summed E-state index contributed by atoms with van der Waals surface area (Å²) >= 11 is 5.69. The average molecular weight is 257 g/mol. The van der Waals surface area contributed by atoms with Crippen LogP contribution in [0.25, 0.3) is 0 Å². The maximum atomic E-state index is 5.69. The number of ether oxygens (including phenoxy) is 2. The normalized spacial score (nSPS) is 12.2. The minimum Gasteiger partial charge on any atom is -0.494 e. The molecule has 0 saturated carbocycles. The molecule has 0 spiro atoms. The van der Waals surface area contributed by atoms with Gasteiger partial charge in [0.2, 0.25) is 0 Å². The van der Waals surface area contributed by atoms with E-state index in [1.165, 1.54) is 0 Å². The number of halogens is 1. The SMILES string of the molecule is CCOc1cccc(OCCC(C)CCCl)c1. The molecule has 1 unspecified atom stereocenters. The Balaban J connectivity index is 2.33. The first-order valence-corrected chi connectivity index (χ1v) is 6.71. The fourth-order valence-corrected chi connectivity index (χ4v) is 1.90. The Bertz CT molecular complexity index is 315. The first kappa shape index (κ1) is 14.2. The zero-order chi connectivity index (χ0) is 12.5. The number of benzene rings is 1. The lowest BCUT2D eigenvalue weighted by Crippen LogP contribution is -2.04. The summed E-state index contributed by atoms with van der Waals surface area (Å²) < 4.78 is 11.1. The van der Waals surface area contributed by atoms with Crippen molar-refractivity contribution in [2.24, 2.45) is 5.92 Å². The van der Waals surface area contributed by atoms with Gasteiger partial charge >= 0.3 is 0 Å². The third-order valence-electron chi connectivity index (χ3n) is 2.60. The van der Waals surface area contributed by atoms with E-state index in [2.05, 4.69) is 6.92 Å². The number of hydrogen-bond donors (Lipinski definition) is 0. The highest BCUT2D eigenvalue weighted by Gasteiger charge is 2.02. The van der Waals surface area contributed by atoms with Gasteiger partial charge in [0, 0.05) is 11.9 Å². The van der Waals surface area contributed by atoms with Gasteiger partial charge in [-0.1, -0.05) is 13.0 Å². The minimum atomic E-state index is 0.613. The summed E-state index contributed by atoms with van der Waals surface area (Å²) in [4.78, 5) is 0. The molecule has 17 heavy (non-hydrogen) atoms. The maximum Gasteiger partial charge on any atom is 0.122 e. The Kier molecular flexibility index (Phi) is 6.87. The van der Waals surface area contributed by atoms with Gasteiger partial charge in [-0.3, -0.25) is 0 Å². The minimum absolute atomic E-state index is 0.613. The molecule has 0 N–H and O–H groups in total. The van der Waals surface area contributed by atoms with E-state index in [0.29, 0.717) is 12.5 Å². The highest BCUT2D eigenvalue weighted by Crippen LogP contribution is 2.20. The lowest BCUT2D eigenvalue weighted by Gasteiger charge is -2.11. The first-order chi connectivity index (χ1) is 8.26. The van der Waals surface area contributed by atoms with Gasteiger partial charge in [0.05, 0.1) is 13.2 Å². The predicted molar refractivity (Wildman–Crippen MR) is 72.2 cm³/mol. The zero-order valence-electron chi connectivity index (χ0n) is 10.6. The van der Waals surface area contributed by atoms with Crippen LogP contribution in [0.3, 0.4) is 0 Å². The van der Waals surface area contributed by atoms with Crippen LogP contribution in [-0.2, 0) is 0 Å². The molecular formula is C14H21ClO2. The van der Waals surface area contributed by atoms with Crippen LogP contribution in [0.1, 0.15) is 26.7 Å². The van der Waals surface area contributed by atoms with Crippen molar-refractivity contribution in [1.82, 2.24) is 0 Å². The highest BCUT2D eigenvalue weighted by molar-refractivity contribution is 6.17. The number of alkyl halides is 1. The third-order valence-corrected chi connectivity index (χ3v) is 2.82. The second-order valence-electron chi connectivity index (χ2n) is 4.13. The van der Waals surface area contributed by atoms with Crippen LogP contribution < -0.4 is 9.47 Å². The van der Waals surface area contributed by atoms with Crippen LogP contribution in [0.2, 0.25) is 0 Å². The molecule has 0 bridgehead atoms. The van der Waals surface area contributed by atoms with Crippen molar-refractivity contribution in [2.75, 3.05) is 19.1 Å². The zero-order valence-corrected chi connectivity index (χ0v) is 11.4. The van der Waals surface area contributed by atoms with Crippen LogP contribution in [0.15, 0.2) is 24.3 Å². The summed E-state index contributed by atoms with van der Waals surface area (Å²) in [7, 11) is 0. The molecule has 0 aliphatic carbocycles. The molecule has 1 aromatic carbocycles. The van der Waals surface area contributed by atoms with Gasteiger partial charge < -0.3 is 9.47 Å². The summed E-state index contributed by atoms with van der Waals surface area (Å²) in [5, 5.41) is 0. The van der Waals surface area contributed by atoms with Crippen LogP contribution in [0.5, 0.6) is 11.5 Å². The van der Waals surface area contributed by atoms with Crippen molar-refractivity contribution in [3.8, 4) is 11.5 Å². The van der Waals surface area contributed by atoms with Crippen LogP contribution >= 0.6 is 11.6 Å². The van der Waals surface area contributed by atoms with Gasteiger partial charge in [0.15, 0.2) is 0 Å². The number of rotatable bonds is 8. The van der Waals surface area contributed by atoms with Crippen molar-refractivity contribution >= 4 is 11.6 Å². The van der Waals surface area contributed by atoms with Gasteiger partial charge in [-0.05, 0) is 37.8 Å². The second kappa shape index (κ2) is 8.24. The lowest BCUT2D eigenvalue weighted by molar-refractivity contribution is 0.279. The smallest absolute Gasteiger partial charge is 0.122 e. The van der Waals surface area contributed by atoms with E-state index in [0.717, 1.165) is 36.8 Å². The predicted octanol–water partition coefficient (Wildman–Crippen LogP) is 4.12. The Morgan fingerprint density at radius 2 is 1.88 bits per heavy atom. The molecule has 96 valence electrons. The Hall–Kier alpha value is -0.890.